The molecule has 21 heavy (non-hydrogen) atoms. The number of aryl methyl sites for hydroxylation is 2. The fourth-order valence-electron chi connectivity index (χ4n) is 2.17. The molecule has 2 aromatic carbocycles. The van der Waals surface area contributed by atoms with E-state index in [2.05, 4.69) is 0 Å². The monoisotopic (exact) mass is 288 g/mol. The topological polar surface area (TPSA) is 46.5 Å². The van der Waals surface area contributed by atoms with Gasteiger partial charge in [0.2, 0.25) is 0 Å². The molecule has 2 rings (SSSR count). The highest BCUT2D eigenvalue weighted by Crippen LogP contribution is 2.27. The predicted octanol–water partition coefficient (Wildman–Crippen LogP) is 4.03. The lowest BCUT2D eigenvalue weighted by molar-refractivity contribution is 0.0693. The van der Waals surface area contributed by atoms with Gasteiger partial charge < -0.3 is 9.84 Å². The molecule has 0 radical (unpaired) electrons. The van der Waals surface area contributed by atoms with E-state index in [1.807, 2.05) is 32.9 Å². The zero-order valence-electron chi connectivity index (χ0n) is 12.2. The van der Waals surface area contributed by atoms with E-state index in [1.54, 1.807) is 0 Å². The molecule has 0 aliphatic rings. The van der Waals surface area contributed by atoms with E-state index >= 15 is 0 Å². The van der Waals surface area contributed by atoms with Crippen LogP contribution in [-0.4, -0.2) is 11.1 Å². The van der Waals surface area contributed by atoms with Crippen LogP contribution >= 0.6 is 0 Å². The quantitative estimate of drug-likeness (QED) is 0.924. The van der Waals surface area contributed by atoms with Gasteiger partial charge >= 0.3 is 5.97 Å². The molecule has 0 aliphatic heterocycles. The number of rotatable bonds is 4. The average molecular weight is 288 g/mol. The molecule has 0 fully saturated rings. The highest BCUT2D eigenvalue weighted by Gasteiger charge is 2.13. The summed E-state index contributed by atoms with van der Waals surface area (Å²) in [6.45, 7) is 5.97. The second-order valence-electron chi connectivity index (χ2n) is 5.05. The van der Waals surface area contributed by atoms with Crippen LogP contribution in [0.3, 0.4) is 0 Å². The number of aromatic carboxylic acids is 1. The van der Waals surface area contributed by atoms with Gasteiger partial charge in [0.25, 0.3) is 0 Å². The van der Waals surface area contributed by atoms with Crippen molar-refractivity contribution in [3.05, 3.63) is 64.0 Å². The molecular formula is C17H17FO3. The van der Waals surface area contributed by atoms with Crippen LogP contribution in [-0.2, 0) is 6.61 Å². The zero-order valence-corrected chi connectivity index (χ0v) is 12.2. The van der Waals surface area contributed by atoms with Crippen molar-refractivity contribution >= 4 is 5.97 Å². The summed E-state index contributed by atoms with van der Waals surface area (Å²) in [6.07, 6.45) is 0. The van der Waals surface area contributed by atoms with Gasteiger partial charge in [0.15, 0.2) is 0 Å². The van der Waals surface area contributed by atoms with Gasteiger partial charge in [0.05, 0.1) is 5.56 Å². The predicted molar refractivity (Wildman–Crippen MR) is 78.3 cm³/mol. The Balaban J connectivity index is 2.29. The van der Waals surface area contributed by atoms with E-state index in [9.17, 15) is 9.18 Å². The van der Waals surface area contributed by atoms with Crippen LogP contribution < -0.4 is 4.74 Å². The van der Waals surface area contributed by atoms with E-state index in [0.29, 0.717) is 5.56 Å². The van der Waals surface area contributed by atoms with Gasteiger partial charge in [0, 0.05) is 5.56 Å². The van der Waals surface area contributed by atoms with Crippen molar-refractivity contribution in [3.8, 4) is 5.75 Å². The fraction of sp³-hybridized carbons (Fsp3) is 0.235. The Morgan fingerprint density at radius 2 is 1.81 bits per heavy atom. The lowest BCUT2D eigenvalue weighted by atomic mass is 10.0. The van der Waals surface area contributed by atoms with Crippen LogP contribution in [0.4, 0.5) is 4.39 Å². The summed E-state index contributed by atoms with van der Waals surface area (Å²) in [4.78, 5) is 11.2. The Morgan fingerprint density at radius 3 is 2.48 bits per heavy atom. The fourth-order valence-corrected chi connectivity index (χ4v) is 2.17. The third kappa shape index (κ3) is 3.21. The Bertz CT molecular complexity index is 693. The van der Waals surface area contributed by atoms with Crippen molar-refractivity contribution < 1.29 is 19.0 Å². The maximum absolute atomic E-state index is 13.1. The average Bonchev–Trinajstić information content (AvgIpc) is 2.44. The van der Waals surface area contributed by atoms with Crippen molar-refractivity contribution in [1.29, 1.82) is 0 Å². The summed E-state index contributed by atoms with van der Waals surface area (Å²) in [7, 11) is 0. The Kier molecular flexibility index (Phi) is 4.26. The van der Waals surface area contributed by atoms with E-state index in [4.69, 9.17) is 9.84 Å². The highest BCUT2D eigenvalue weighted by molar-refractivity contribution is 5.89. The Morgan fingerprint density at radius 1 is 1.14 bits per heavy atom. The number of benzene rings is 2. The third-order valence-electron chi connectivity index (χ3n) is 3.55. The first-order chi connectivity index (χ1) is 9.90. The molecule has 0 spiro atoms. The minimum atomic E-state index is -1.16. The van der Waals surface area contributed by atoms with Crippen LogP contribution in [0.15, 0.2) is 30.3 Å². The molecule has 4 heteroatoms. The number of carbonyl (C=O) groups is 1. The van der Waals surface area contributed by atoms with Gasteiger partial charge in [-0.05, 0) is 49.6 Å². The first-order valence-corrected chi connectivity index (χ1v) is 6.61. The number of hydrogen-bond acceptors (Lipinski definition) is 2. The molecule has 0 heterocycles. The van der Waals surface area contributed by atoms with Crippen molar-refractivity contribution in [1.82, 2.24) is 0 Å². The summed E-state index contributed by atoms with van der Waals surface area (Å²) in [6, 6.07) is 7.66. The minimum absolute atomic E-state index is 0.0713. The second-order valence-corrected chi connectivity index (χ2v) is 5.05. The molecule has 0 bridgehead atoms. The molecule has 0 saturated carbocycles. The molecule has 0 unspecified atom stereocenters. The lowest BCUT2D eigenvalue weighted by Crippen LogP contribution is -2.07. The SMILES string of the molecule is Cc1ccc(C)c(OCc2ccc(F)cc2C(=O)O)c1C. The summed E-state index contributed by atoms with van der Waals surface area (Å²) in [5.41, 5.74) is 3.49. The maximum atomic E-state index is 13.1. The number of halogens is 1. The van der Waals surface area contributed by atoms with Gasteiger partial charge in [0.1, 0.15) is 18.2 Å². The Hall–Kier alpha value is -2.36. The van der Waals surface area contributed by atoms with Crippen LogP contribution in [0, 0.1) is 26.6 Å². The van der Waals surface area contributed by atoms with E-state index in [-0.39, 0.29) is 12.2 Å². The number of ether oxygens (including phenoxy) is 1. The first-order valence-electron chi connectivity index (χ1n) is 6.61. The molecule has 0 aliphatic carbocycles. The van der Waals surface area contributed by atoms with Gasteiger partial charge in [-0.1, -0.05) is 18.2 Å². The molecule has 0 amide bonds. The van der Waals surface area contributed by atoms with E-state index in [1.165, 1.54) is 12.1 Å². The maximum Gasteiger partial charge on any atom is 0.336 e. The minimum Gasteiger partial charge on any atom is -0.488 e. The molecule has 2 aromatic rings. The van der Waals surface area contributed by atoms with Gasteiger partial charge in [-0.2, -0.15) is 0 Å². The van der Waals surface area contributed by atoms with Crippen molar-refractivity contribution in [2.45, 2.75) is 27.4 Å². The van der Waals surface area contributed by atoms with Crippen molar-refractivity contribution in [2.75, 3.05) is 0 Å². The normalized spacial score (nSPS) is 10.5. The number of carboxylic acid groups (broad SMARTS) is 1. The third-order valence-corrected chi connectivity index (χ3v) is 3.55. The summed E-state index contributed by atoms with van der Waals surface area (Å²) >= 11 is 0. The molecule has 1 N–H and O–H groups in total. The van der Waals surface area contributed by atoms with Crippen molar-refractivity contribution in [2.24, 2.45) is 0 Å². The first kappa shape index (κ1) is 15.0. The molecular weight excluding hydrogens is 271 g/mol. The van der Waals surface area contributed by atoms with Gasteiger partial charge in [-0.15, -0.1) is 0 Å². The summed E-state index contributed by atoms with van der Waals surface area (Å²) in [5.74, 6) is -0.986. The molecule has 0 saturated heterocycles. The lowest BCUT2D eigenvalue weighted by Gasteiger charge is -2.15. The molecule has 0 atom stereocenters. The van der Waals surface area contributed by atoms with Crippen LogP contribution in [0.25, 0.3) is 0 Å². The van der Waals surface area contributed by atoms with Crippen LogP contribution in [0.2, 0.25) is 0 Å². The molecule has 110 valence electrons. The smallest absolute Gasteiger partial charge is 0.336 e. The van der Waals surface area contributed by atoms with Crippen molar-refractivity contribution in [3.63, 3.8) is 0 Å². The standard InChI is InChI=1S/C17H17FO3/c1-10-4-5-11(2)16(12(10)3)21-9-13-6-7-14(18)8-15(13)17(19)20/h4-8H,9H2,1-3H3,(H,19,20). The van der Waals surface area contributed by atoms with E-state index in [0.717, 1.165) is 28.5 Å². The number of carboxylic acids is 1. The summed E-state index contributed by atoms with van der Waals surface area (Å²) < 4.78 is 18.9. The van der Waals surface area contributed by atoms with Gasteiger partial charge in [-0.3, -0.25) is 0 Å². The second kappa shape index (κ2) is 5.95. The number of hydrogen-bond donors (Lipinski definition) is 1. The highest BCUT2D eigenvalue weighted by atomic mass is 19.1. The van der Waals surface area contributed by atoms with Crippen LogP contribution in [0.5, 0.6) is 5.75 Å². The molecule has 3 nitrogen and oxygen atoms in total. The van der Waals surface area contributed by atoms with E-state index < -0.39 is 11.8 Å². The van der Waals surface area contributed by atoms with Crippen LogP contribution in [0.1, 0.15) is 32.6 Å². The Labute approximate surface area is 123 Å². The zero-order chi connectivity index (χ0) is 15.6. The van der Waals surface area contributed by atoms with Gasteiger partial charge in [-0.25, -0.2) is 9.18 Å². The largest absolute Gasteiger partial charge is 0.488 e. The molecule has 0 aromatic heterocycles. The summed E-state index contributed by atoms with van der Waals surface area (Å²) in [5, 5.41) is 9.12.